The summed E-state index contributed by atoms with van der Waals surface area (Å²) in [5.74, 6) is 1.50. The molecule has 15 heavy (non-hydrogen) atoms. The van der Waals surface area contributed by atoms with Crippen molar-refractivity contribution in [2.75, 3.05) is 13.1 Å². The summed E-state index contributed by atoms with van der Waals surface area (Å²) < 4.78 is 0. The van der Waals surface area contributed by atoms with Crippen LogP contribution in [0.2, 0.25) is 0 Å². The Morgan fingerprint density at radius 3 is 2.67 bits per heavy atom. The lowest BCUT2D eigenvalue weighted by atomic mass is 9.98. The predicted octanol–water partition coefficient (Wildman–Crippen LogP) is 2.51. The van der Waals surface area contributed by atoms with Gasteiger partial charge < -0.3 is 5.32 Å². The van der Waals surface area contributed by atoms with Crippen LogP contribution in [0.3, 0.4) is 0 Å². The van der Waals surface area contributed by atoms with Crippen LogP contribution in [0, 0.1) is 11.8 Å². The number of rotatable bonds is 6. The van der Waals surface area contributed by atoms with E-state index in [9.17, 15) is 0 Å². The highest BCUT2D eigenvalue weighted by atomic mass is 14.9. The van der Waals surface area contributed by atoms with Gasteiger partial charge in [-0.15, -0.1) is 0 Å². The second-order valence-electron chi connectivity index (χ2n) is 4.50. The van der Waals surface area contributed by atoms with Gasteiger partial charge in [0, 0.05) is 24.9 Å². The molecule has 1 heterocycles. The van der Waals surface area contributed by atoms with E-state index in [1.165, 1.54) is 5.69 Å². The minimum Gasteiger partial charge on any atom is -0.316 e. The van der Waals surface area contributed by atoms with E-state index in [0.29, 0.717) is 0 Å². The molecule has 84 valence electrons. The van der Waals surface area contributed by atoms with Gasteiger partial charge in [-0.1, -0.05) is 26.8 Å². The molecule has 2 heteroatoms. The summed E-state index contributed by atoms with van der Waals surface area (Å²) in [6, 6.07) is 6.07. The van der Waals surface area contributed by atoms with Crippen molar-refractivity contribution in [1.29, 1.82) is 0 Å². The zero-order valence-corrected chi connectivity index (χ0v) is 10.0. The highest BCUT2D eigenvalue weighted by Gasteiger charge is 2.05. The highest BCUT2D eigenvalue weighted by molar-refractivity contribution is 5.03. The first-order valence-corrected chi connectivity index (χ1v) is 5.80. The maximum atomic E-state index is 4.29. The number of aromatic nitrogens is 1. The average molecular weight is 206 g/mol. The van der Waals surface area contributed by atoms with Gasteiger partial charge in [0.2, 0.25) is 0 Å². The monoisotopic (exact) mass is 206 g/mol. The van der Waals surface area contributed by atoms with E-state index in [1.54, 1.807) is 0 Å². The van der Waals surface area contributed by atoms with Crippen LogP contribution < -0.4 is 5.32 Å². The van der Waals surface area contributed by atoms with Crippen molar-refractivity contribution in [3.05, 3.63) is 30.1 Å². The molecule has 1 aromatic rings. The van der Waals surface area contributed by atoms with Gasteiger partial charge in [0.1, 0.15) is 0 Å². The normalized spacial score (nSPS) is 13.1. The molecule has 0 amide bonds. The number of hydrogen-bond acceptors (Lipinski definition) is 2. The first kappa shape index (κ1) is 12.2. The fourth-order valence-corrected chi connectivity index (χ4v) is 1.33. The fraction of sp³-hybridized carbons (Fsp3) is 0.615. The number of pyridine rings is 1. The van der Waals surface area contributed by atoms with Gasteiger partial charge in [-0.25, -0.2) is 0 Å². The van der Waals surface area contributed by atoms with Crippen LogP contribution in [0.25, 0.3) is 0 Å². The molecule has 0 aliphatic carbocycles. The van der Waals surface area contributed by atoms with E-state index in [2.05, 4.69) is 37.1 Å². The molecular weight excluding hydrogens is 184 g/mol. The summed E-state index contributed by atoms with van der Waals surface area (Å²) in [6.07, 6.45) is 2.87. The topological polar surface area (TPSA) is 24.9 Å². The standard InChI is InChI=1S/C13H22N2/c1-11(2)12(3)10-14-9-7-13-6-4-5-8-15-13/h4-6,8,11-12,14H,7,9-10H2,1-3H3. The Morgan fingerprint density at radius 1 is 1.27 bits per heavy atom. The Balaban J connectivity index is 2.12. The number of nitrogens with one attached hydrogen (secondary N) is 1. The lowest BCUT2D eigenvalue weighted by Gasteiger charge is -2.15. The third kappa shape index (κ3) is 4.93. The summed E-state index contributed by atoms with van der Waals surface area (Å²) in [5.41, 5.74) is 1.17. The molecule has 0 bridgehead atoms. The molecule has 0 aliphatic rings. The van der Waals surface area contributed by atoms with E-state index >= 15 is 0 Å². The molecule has 0 saturated heterocycles. The Kier molecular flexibility index (Phi) is 5.33. The van der Waals surface area contributed by atoms with Gasteiger partial charge in [0.15, 0.2) is 0 Å². The SMILES string of the molecule is CC(C)C(C)CNCCc1ccccn1. The average Bonchev–Trinajstić information content (AvgIpc) is 2.25. The van der Waals surface area contributed by atoms with E-state index < -0.39 is 0 Å². The fourth-order valence-electron chi connectivity index (χ4n) is 1.33. The maximum absolute atomic E-state index is 4.29. The van der Waals surface area contributed by atoms with Crippen molar-refractivity contribution in [1.82, 2.24) is 10.3 Å². The lowest BCUT2D eigenvalue weighted by Crippen LogP contribution is -2.26. The largest absolute Gasteiger partial charge is 0.316 e. The Morgan fingerprint density at radius 2 is 2.07 bits per heavy atom. The van der Waals surface area contributed by atoms with Crippen molar-refractivity contribution >= 4 is 0 Å². The Labute approximate surface area is 93.1 Å². The molecule has 0 spiro atoms. The Hall–Kier alpha value is -0.890. The first-order valence-electron chi connectivity index (χ1n) is 5.80. The predicted molar refractivity (Wildman–Crippen MR) is 64.8 cm³/mol. The van der Waals surface area contributed by atoms with Gasteiger partial charge in [-0.2, -0.15) is 0 Å². The number of nitrogens with zero attached hydrogens (tertiary/aromatic N) is 1. The van der Waals surface area contributed by atoms with E-state index in [0.717, 1.165) is 31.3 Å². The third-order valence-electron chi connectivity index (χ3n) is 2.89. The molecule has 1 unspecified atom stereocenters. The van der Waals surface area contributed by atoms with Gasteiger partial charge >= 0.3 is 0 Å². The molecule has 0 aromatic carbocycles. The zero-order chi connectivity index (χ0) is 11.1. The molecular formula is C13H22N2. The molecule has 1 rings (SSSR count). The van der Waals surface area contributed by atoms with Crippen LogP contribution in [-0.4, -0.2) is 18.1 Å². The molecule has 0 radical (unpaired) electrons. The van der Waals surface area contributed by atoms with Crippen LogP contribution in [-0.2, 0) is 6.42 Å². The first-order chi connectivity index (χ1) is 7.20. The minimum atomic E-state index is 0.744. The van der Waals surface area contributed by atoms with Crippen LogP contribution >= 0.6 is 0 Å². The molecule has 1 atom stereocenters. The van der Waals surface area contributed by atoms with Crippen LogP contribution in [0.4, 0.5) is 0 Å². The molecule has 1 aromatic heterocycles. The molecule has 0 aliphatic heterocycles. The van der Waals surface area contributed by atoms with Crippen molar-refractivity contribution in [2.45, 2.75) is 27.2 Å². The van der Waals surface area contributed by atoms with Crippen molar-refractivity contribution in [3.8, 4) is 0 Å². The summed E-state index contributed by atoms with van der Waals surface area (Å²) in [4.78, 5) is 4.29. The summed E-state index contributed by atoms with van der Waals surface area (Å²) >= 11 is 0. The quantitative estimate of drug-likeness (QED) is 0.723. The molecule has 2 nitrogen and oxygen atoms in total. The highest BCUT2D eigenvalue weighted by Crippen LogP contribution is 2.07. The molecule has 0 saturated carbocycles. The Bertz CT molecular complexity index is 256. The summed E-state index contributed by atoms with van der Waals surface area (Å²) in [5, 5.41) is 3.47. The minimum absolute atomic E-state index is 0.744. The van der Waals surface area contributed by atoms with Gasteiger partial charge in [-0.05, 0) is 30.5 Å². The third-order valence-corrected chi connectivity index (χ3v) is 2.89. The summed E-state index contributed by atoms with van der Waals surface area (Å²) in [6.45, 7) is 8.95. The van der Waals surface area contributed by atoms with E-state index in [1.807, 2.05) is 18.3 Å². The van der Waals surface area contributed by atoms with Gasteiger partial charge in [0.25, 0.3) is 0 Å². The van der Waals surface area contributed by atoms with E-state index in [-0.39, 0.29) is 0 Å². The maximum Gasteiger partial charge on any atom is 0.0416 e. The number of hydrogen-bond donors (Lipinski definition) is 1. The second-order valence-corrected chi connectivity index (χ2v) is 4.50. The smallest absolute Gasteiger partial charge is 0.0416 e. The van der Waals surface area contributed by atoms with Gasteiger partial charge in [-0.3, -0.25) is 4.98 Å². The lowest BCUT2D eigenvalue weighted by molar-refractivity contribution is 0.394. The van der Waals surface area contributed by atoms with Crippen LogP contribution in [0.5, 0.6) is 0 Å². The van der Waals surface area contributed by atoms with E-state index in [4.69, 9.17) is 0 Å². The second kappa shape index (κ2) is 6.57. The zero-order valence-electron chi connectivity index (χ0n) is 10.0. The van der Waals surface area contributed by atoms with Crippen LogP contribution in [0.1, 0.15) is 26.5 Å². The molecule has 1 N–H and O–H groups in total. The van der Waals surface area contributed by atoms with Crippen molar-refractivity contribution < 1.29 is 0 Å². The summed E-state index contributed by atoms with van der Waals surface area (Å²) in [7, 11) is 0. The van der Waals surface area contributed by atoms with Crippen molar-refractivity contribution in [3.63, 3.8) is 0 Å². The van der Waals surface area contributed by atoms with Crippen LogP contribution in [0.15, 0.2) is 24.4 Å². The van der Waals surface area contributed by atoms with Gasteiger partial charge in [0.05, 0.1) is 0 Å². The van der Waals surface area contributed by atoms with Crippen molar-refractivity contribution in [2.24, 2.45) is 11.8 Å². The molecule has 0 fully saturated rings.